The van der Waals surface area contributed by atoms with Gasteiger partial charge >= 0.3 is 11.9 Å². The van der Waals surface area contributed by atoms with Crippen molar-refractivity contribution in [2.75, 3.05) is 14.2 Å². The van der Waals surface area contributed by atoms with Gasteiger partial charge in [-0.2, -0.15) is 10.5 Å². The molecule has 0 aromatic heterocycles. The highest BCUT2D eigenvalue weighted by Crippen LogP contribution is 2.74. The number of halogens is 1. The molecule has 1 aromatic carbocycles. The summed E-state index contributed by atoms with van der Waals surface area (Å²) >= 11 is 5.81. The van der Waals surface area contributed by atoms with Crippen molar-refractivity contribution in [3.63, 3.8) is 0 Å². The summed E-state index contributed by atoms with van der Waals surface area (Å²) in [5.41, 5.74) is -3.40. The molecule has 0 heterocycles. The van der Waals surface area contributed by atoms with Gasteiger partial charge in [0.2, 0.25) is 5.41 Å². The smallest absolute Gasteiger partial charge is 0.326 e. The average molecular weight is 319 g/mol. The number of nitrogens with zero attached hydrogens (tertiary/aromatic N) is 2. The molecule has 0 amide bonds. The van der Waals surface area contributed by atoms with Crippen LogP contribution >= 0.6 is 11.6 Å². The average Bonchev–Trinajstić information content (AvgIpc) is 3.18. The predicted molar refractivity (Wildman–Crippen MR) is 74.3 cm³/mol. The second kappa shape index (κ2) is 5.32. The monoisotopic (exact) mass is 318 g/mol. The zero-order chi connectivity index (χ0) is 16.5. The van der Waals surface area contributed by atoms with Gasteiger partial charge in [-0.05, 0) is 17.7 Å². The maximum absolute atomic E-state index is 12.2. The molecule has 6 nitrogen and oxygen atoms in total. The fourth-order valence-electron chi connectivity index (χ4n) is 2.92. The molecular formula is C15H11ClN2O4. The Kier molecular flexibility index (Phi) is 3.83. The molecule has 0 bridgehead atoms. The van der Waals surface area contributed by atoms with E-state index in [0.717, 1.165) is 14.2 Å². The maximum Gasteiger partial charge on any atom is 0.326 e. The molecule has 22 heavy (non-hydrogen) atoms. The summed E-state index contributed by atoms with van der Waals surface area (Å²) in [6, 6.07) is 9.80. The van der Waals surface area contributed by atoms with Gasteiger partial charge in [0.1, 0.15) is 0 Å². The van der Waals surface area contributed by atoms with Gasteiger partial charge in [0.05, 0.1) is 26.4 Å². The molecule has 0 N–H and O–H groups in total. The zero-order valence-electron chi connectivity index (χ0n) is 11.8. The normalized spacial score (nSPS) is 20.1. The number of carbonyl (C=O) groups excluding carboxylic acids is 2. The zero-order valence-corrected chi connectivity index (χ0v) is 12.5. The van der Waals surface area contributed by atoms with E-state index < -0.39 is 28.7 Å². The first-order chi connectivity index (χ1) is 10.5. The van der Waals surface area contributed by atoms with Crippen LogP contribution in [-0.2, 0) is 19.1 Å². The van der Waals surface area contributed by atoms with Crippen LogP contribution in [0.15, 0.2) is 24.3 Å². The van der Waals surface area contributed by atoms with Crippen molar-refractivity contribution >= 4 is 23.5 Å². The van der Waals surface area contributed by atoms with Gasteiger partial charge in [-0.3, -0.25) is 9.59 Å². The largest absolute Gasteiger partial charge is 0.468 e. The molecule has 2 rings (SSSR count). The van der Waals surface area contributed by atoms with Crippen molar-refractivity contribution in [1.82, 2.24) is 0 Å². The topological polar surface area (TPSA) is 100 Å². The highest BCUT2D eigenvalue weighted by Gasteiger charge is 2.89. The summed E-state index contributed by atoms with van der Waals surface area (Å²) in [5, 5.41) is 19.4. The van der Waals surface area contributed by atoms with Gasteiger partial charge in [0, 0.05) is 10.9 Å². The van der Waals surface area contributed by atoms with Crippen LogP contribution in [0.3, 0.4) is 0 Å². The van der Waals surface area contributed by atoms with Gasteiger partial charge < -0.3 is 9.47 Å². The lowest BCUT2D eigenvalue weighted by molar-refractivity contribution is -0.162. The molecule has 0 saturated heterocycles. The number of esters is 2. The summed E-state index contributed by atoms with van der Waals surface area (Å²) in [5.74, 6) is -2.92. The highest BCUT2D eigenvalue weighted by molar-refractivity contribution is 6.30. The maximum atomic E-state index is 12.2. The Morgan fingerprint density at radius 2 is 1.55 bits per heavy atom. The minimum atomic E-state index is -1.99. The van der Waals surface area contributed by atoms with Crippen LogP contribution < -0.4 is 0 Å². The Bertz CT molecular complexity index is 685. The summed E-state index contributed by atoms with van der Waals surface area (Å²) in [6.45, 7) is 0. The SMILES string of the molecule is COC(=O)C1(C(=O)OC)C(c2ccc(Cl)cc2)C1(C#N)C#N. The quantitative estimate of drug-likeness (QED) is 0.622. The van der Waals surface area contributed by atoms with Gasteiger partial charge in [-0.25, -0.2) is 0 Å². The number of rotatable bonds is 3. The van der Waals surface area contributed by atoms with Crippen LogP contribution in [0.2, 0.25) is 5.02 Å². The van der Waals surface area contributed by atoms with Gasteiger partial charge in [-0.15, -0.1) is 0 Å². The number of ether oxygens (including phenoxy) is 2. The minimum absolute atomic E-state index is 0.450. The van der Waals surface area contributed by atoms with Gasteiger partial charge in [-0.1, -0.05) is 23.7 Å². The van der Waals surface area contributed by atoms with Crippen LogP contribution in [-0.4, -0.2) is 26.2 Å². The summed E-state index contributed by atoms with van der Waals surface area (Å²) in [4.78, 5) is 24.5. The van der Waals surface area contributed by atoms with Gasteiger partial charge in [0.25, 0.3) is 0 Å². The fourth-order valence-corrected chi connectivity index (χ4v) is 3.05. The molecule has 1 aromatic rings. The molecule has 7 heteroatoms. The molecule has 0 aliphatic heterocycles. The molecule has 1 saturated carbocycles. The Hall–Kier alpha value is -2.57. The summed E-state index contributed by atoms with van der Waals surface area (Å²) in [7, 11) is 2.17. The third-order valence-electron chi connectivity index (χ3n) is 3.98. The molecule has 1 atom stereocenters. The lowest BCUT2D eigenvalue weighted by atomic mass is 9.95. The van der Waals surface area contributed by atoms with Crippen LogP contribution in [0.1, 0.15) is 11.5 Å². The second-order valence-corrected chi connectivity index (χ2v) is 5.24. The van der Waals surface area contributed by atoms with Crippen molar-refractivity contribution in [1.29, 1.82) is 10.5 Å². The molecule has 112 valence electrons. The van der Waals surface area contributed by atoms with E-state index in [9.17, 15) is 20.1 Å². The van der Waals surface area contributed by atoms with E-state index in [1.807, 2.05) is 0 Å². The second-order valence-electron chi connectivity index (χ2n) is 4.81. The van der Waals surface area contributed by atoms with E-state index in [1.165, 1.54) is 0 Å². The van der Waals surface area contributed by atoms with Crippen LogP contribution in [0.4, 0.5) is 0 Å². The lowest BCUT2D eigenvalue weighted by Crippen LogP contribution is -2.34. The van der Waals surface area contributed by atoms with Crippen molar-refractivity contribution in [2.24, 2.45) is 10.8 Å². The number of benzene rings is 1. The van der Waals surface area contributed by atoms with Crippen molar-refractivity contribution in [2.45, 2.75) is 5.92 Å². The molecular weight excluding hydrogens is 308 g/mol. The van der Waals surface area contributed by atoms with Crippen molar-refractivity contribution in [3.05, 3.63) is 34.9 Å². The first kappa shape index (κ1) is 15.8. The van der Waals surface area contributed by atoms with Crippen LogP contribution in [0.25, 0.3) is 0 Å². The van der Waals surface area contributed by atoms with E-state index in [2.05, 4.69) is 9.47 Å². The highest BCUT2D eigenvalue weighted by atomic mass is 35.5. The molecule has 1 unspecified atom stereocenters. The van der Waals surface area contributed by atoms with Crippen molar-refractivity contribution < 1.29 is 19.1 Å². The van der Waals surface area contributed by atoms with E-state index >= 15 is 0 Å². The molecule has 1 aliphatic rings. The first-order valence-corrected chi connectivity index (χ1v) is 6.58. The third-order valence-corrected chi connectivity index (χ3v) is 4.23. The van der Waals surface area contributed by atoms with Gasteiger partial charge in [0.15, 0.2) is 5.41 Å². The predicted octanol–water partition coefficient (Wildman–Crippen LogP) is 1.80. The number of carbonyl (C=O) groups is 2. The number of hydrogen-bond acceptors (Lipinski definition) is 6. The lowest BCUT2D eigenvalue weighted by Gasteiger charge is -2.12. The number of nitriles is 2. The first-order valence-electron chi connectivity index (χ1n) is 6.21. The fraction of sp³-hybridized carbons (Fsp3) is 0.333. The molecule has 0 spiro atoms. The van der Waals surface area contributed by atoms with Crippen LogP contribution in [0.5, 0.6) is 0 Å². The number of hydrogen-bond donors (Lipinski definition) is 0. The Morgan fingerprint density at radius 1 is 1.09 bits per heavy atom. The molecule has 1 aliphatic carbocycles. The molecule has 1 fully saturated rings. The van der Waals surface area contributed by atoms with Crippen LogP contribution in [0, 0.1) is 33.5 Å². The van der Waals surface area contributed by atoms with E-state index in [1.54, 1.807) is 36.4 Å². The van der Waals surface area contributed by atoms with Crippen molar-refractivity contribution in [3.8, 4) is 12.1 Å². The summed E-state index contributed by atoms with van der Waals surface area (Å²) < 4.78 is 9.33. The van der Waals surface area contributed by atoms with E-state index in [0.29, 0.717) is 10.6 Å². The minimum Gasteiger partial charge on any atom is -0.468 e. The standard InChI is InChI=1S/C15H11ClN2O4/c1-21-12(19)15(13(20)22-2)11(14(15,7-17)8-18)9-3-5-10(16)6-4-9/h3-6,11H,1-2H3. The van der Waals surface area contributed by atoms with E-state index in [-0.39, 0.29) is 0 Å². The number of methoxy groups -OCH3 is 2. The van der Waals surface area contributed by atoms with E-state index in [4.69, 9.17) is 11.6 Å². The Balaban J connectivity index is 2.68. The Morgan fingerprint density at radius 3 is 1.91 bits per heavy atom. The molecule has 0 radical (unpaired) electrons. The Labute approximate surface area is 131 Å². The summed E-state index contributed by atoms with van der Waals surface area (Å²) in [6.07, 6.45) is 0. The third kappa shape index (κ3) is 1.71.